The van der Waals surface area contributed by atoms with E-state index in [2.05, 4.69) is 37.9 Å². The second-order valence-corrected chi connectivity index (χ2v) is 7.95. The zero-order chi connectivity index (χ0) is 21.9. The van der Waals surface area contributed by atoms with Gasteiger partial charge in [-0.2, -0.15) is 0 Å². The van der Waals surface area contributed by atoms with Crippen LogP contribution in [0.15, 0.2) is 52.5 Å². The Bertz CT molecular complexity index is 989. The van der Waals surface area contributed by atoms with Crippen molar-refractivity contribution in [2.24, 2.45) is 12.2 Å². The molecule has 0 radical (unpaired) electrons. The quantitative estimate of drug-likeness (QED) is 0.195. The van der Waals surface area contributed by atoms with E-state index in [0.717, 1.165) is 34.9 Å². The highest BCUT2D eigenvalue weighted by molar-refractivity contribution is 7.98. The number of anilines is 1. The molecule has 0 bridgehead atoms. The predicted octanol–water partition coefficient (Wildman–Crippen LogP) is 4.29. The van der Waals surface area contributed by atoms with Crippen LogP contribution in [0.5, 0.6) is 0 Å². The first-order valence-electron chi connectivity index (χ1n) is 10.5. The summed E-state index contributed by atoms with van der Waals surface area (Å²) in [7, 11) is 1.78. The van der Waals surface area contributed by atoms with Crippen LogP contribution in [0.2, 0.25) is 0 Å². The Morgan fingerprint density at radius 3 is 2.81 bits per heavy atom. The van der Waals surface area contributed by atoms with Gasteiger partial charge >= 0.3 is 0 Å². The highest BCUT2D eigenvalue weighted by Gasteiger charge is 2.15. The maximum atomic E-state index is 5.68. The molecule has 0 amide bonds. The van der Waals surface area contributed by atoms with Gasteiger partial charge in [0, 0.05) is 24.1 Å². The van der Waals surface area contributed by atoms with Crippen molar-refractivity contribution in [3.05, 3.63) is 59.5 Å². The summed E-state index contributed by atoms with van der Waals surface area (Å²) in [6.07, 6.45) is 6.92. The highest BCUT2D eigenvalue weighted by atomic mass is 32.2. The van der Waals surface area contributed by atoms with Crippen LogP contribution in [-0.2, 0) is 18.5 Å². The van der Waals surface area contributed by atoms with Gasteiger partial charge in [-0.1, -0.05) is 49.5 Å². The first-order valence-corrected chi connectivity index (χ1v) is 11.7. The molecule has 0 spiro atoms. The van der Waals surface area contributed by atoms with Gasteiger partial charge in [0.15, 0.2) is 12.3 Å². The van der Waals surface area contributed by atoms with E-state index in [4.69, 9.17) is 4.84 Å². The van der Waals surface area contributed by atoms with Crippen molar-refractivity contribution < 1.29 is 4.84 Å². The molecule has 0 saturated carbocycles. The lowest BCUT2D eigenvalue weighted by Gasteiger charge is -2.08. The second kappa shape index (κ2) is 12.0. The number of nitrogens with zero attached hydrogens (tertiary/aromatic N) is 6. The molecule has 0 atom stereocenters. The summed E-state index contributed by atoms with van der Waals surface area (Å²) < 4.78 is 1.58. The summed E-state index contributed by atoms with van der Waals surface area (Å²) in [6, 6.07) is 13.9. The Hall–Kier alpha value is -2.94. The number of hydrogen-bond donors (Lipinski definition) is 1. The fourth-order valence-corrected chi connectivity index (χ4v) is 3.47. The first-order chi connectivity index (χ1) is 15.2. The molecule has 3 rings (SSSR count). The minimum atomic E-state index is 0.252. The van der Waals surface area contributed by atoms with Crippen LogP contribution in [0.1, 0.15) is 49.7 Å². The average molecular weight is 440 g/mol. The SMILES string of the molecule is CCCCCCNc1cccc(CO/N=C(\c2cccc(SC)c2)c2nnnn2C)n1. The minimum Gasteiger partial charge on any atom is -0.389 e. The lowest BCUT2D eigenvalue weighted by atomic mass is 10.1. The molecule has 3 aromatic rings. The maximum Gasteiger partial charge on any atom is 0.204 e. The monoisotopic (exact) mass is 439 g/mol. The molecule has 0 saturated heterocycles. The molecule has 0 aliphatic heterocycles. The van der Waals surface area contributed by atoms with Crippen molar-refractivity contribution in [2.75, 3.05) is 18.1 Å². The number of nitrogens with one attached hydrogen (secondary N) is 1. The molecule has 0 aliphatic rings. The molecule has 0 unspecified atom stereocenters. The average Bonchev–Trinajstić information content (AvgIpc) is 3.22. The van der Waals surface area contributed by atoms with Crippen molar-refractivity contribution in [1.82, 2.24) is 25.2 Å². The lowest BCUT2D eigenvalue weighted by Crippen LogP contribution is -2.12. The van der Waals surface area contributed by atoms with Gasteiger partial charge in [0.05, 0.1) is 5.69 Å². The number of tetrazole rings is 1. The standard InChI is InChI=1S/C22H29N7OS/c1-4-5-6-7-14-23-20-13-9-11-18(24-20)16-30-26-21(22-25-27-28-29(22)2)17-10-8-12-19(15-17)31-3/h8-13,15H,4-7,14,16H2,1-3H3,(H,23,24)/b26-21+. The largest absolute Gasteiger partial charge is 0.389 e. The number of oxime groups is 1. The van der Waals surface area contributed by atoms with Crippen molar-refractivity contribution in [3.63, 3.8) is 0 Å². The van der Waals surface area contributed by atoms with Gasteiger partial charge in [-0.15, -0.1) is 16.9 Å². The molecule has 8 nitrogen and oxygen atoms in total. The van der Waals surface area contributed by atoms with Crippen molar-refractivity contribution in [2.45, 2.75) is 44.1 Å². The zero-order valence-electron chi connectivity index (χ0n) is 18.3. The maximum absolute atomic E-state index is 5.68. The zero-order valence-corrected chi connectivity index (χ0v) is 19.1. The second-order valence-electron chi connectivity index (χ2n) is 7.07. The van der Waals surface area contributed by atoms with Gasteiger partial charge in [-0.25, -0.2) is 9.67 Å². The van der Waals surface area contributed by atoms with Gasteiger partial charge in [0.2, 0.25) is 5.82 Å². The van der Waals surface area contributed by atoms with Crippen LogP contribution in [0.3, 0.4) is 0 Å². The van der Waals surface area contributed by atoms with E-state index in [9.17, 15) is 0 Å². The van der Waals surface area contributed by atoms with E-state index >= 15 is 0 Å². The van der Waals surface area contributed by atoms with E-state index < -0.39 is 0 Å². The fourth-order valence-electron chi connectivity index (χ4n) is 3.01. The highest BCUT2D eigenvalue weighted by Crippen LogP contribution is 2.18. The summed E-state index contributed by atoms with van der Waals surface area (Å²) >= 11 is 1.66. The molecular formula is C22H29N7OS. The number of aryl methyl sites for hydroxylation is 1. The van der Waals surface area contributed by atoms with Gasteiger partial charge in [-0.05, 0) is 47.4 Å². The van der Waals surface area contributed by atoms with Gasteiger partial charge in [-0.3, -0.25) is 0 Å². The number of hydrogen-bond acceptors (Lipinski definition) is 8. The molecule has 2 aromatic heterocycles. The Morgan fingerprint density at radius 2 is 2.03 bits per heavy atom. The molecule has 1 N–H and O–H groups in total. The number of pyridine rings is 1. The normalized spacial score (nSPS) is 11.5. The van der Waals surface area contributed by atoms with Crippen molar-refractivity contribution >= 4 is 23.3 Å². The Balaban J connectivity index is 1.69. The third-order valence-corrected chi connectivity index (χ3v) is 5.41. The molecule has 1 aromatic carbocycles. The van der Waals surface area contributed by atoms with Crippen LogP contribution in [0, 0.1) is 0 Å². The molecule has 0 fully saturated rings. The Morgan fingerprint density at radius 1 is 1.16 bits per heavy atom. The summed E-state index contributed by atoms with van der Waals surface area (Å²) in [6.45, 7) is 3.39. The van der Waals surface area contributed by atoms with Gasteiger partial charge in [0.1, 0.15) is 5.82 Å². The van der Waals surface area contributed by atoms with Gasteiger partial charge < -0.3 is 10.2 Å². The number of aromatic nitrogens is 5. The topological polar surface area (TPSA) is 90.1 Å². The van der Waals surface area contributed by atoms with Crippen LogP contribution < -0.4 is 5.32 Å². The van der Waals surface area contributed by atoms with Crippen molar-refractivity contribution in [3.8, 4) is 0 Å². The number of benzene rings is 1. The summed E-state index contributed by atoms with van der Waals surface area (Å²) in [5, 5.41) is 19.5. The molecule has 9 heteroatoms. The summed E-state index contributed by atoms with van der Waals surface area (Å²) in [4.78, 5) is 11.4. The van der Waals surface area contributed by atoms with Crippen molar-refractivity contribution in [1.29, 1.82) is 0 Å². The van der Waals surface area contributed by atoms with E-state index in [1.807, 2.05) is 48.7 Å². The van der Waals surface area contributed by atoms with Crippen LogP contribution in [0.25, 0.3) is 0 Å². The molecule has 2 heterocycles. The molecule has 164 valence electrons. The number of rotatable bonds is 12. The minimum absolute atomic E-state index is 0.252. The van der Waals surface area contributed by atoms with E-state index in [1.54, 1.807) is 23.5 Å². The fraction of sp³-hybridized carbons (Fsp3) is 0.409. The lowest BCUT2D eigenvalue weighted by molar-refractivity contribution is 0.128. The van der Waals surface area contributed by atoms with Crippen LogP contribution in [-0.4, -0.2) is 43.7 Å². The molecule has 31 heavy (non-hydrogen) atoms. The smallest absolute Gasteiger partial charge is 0.204 e. The summed E-state index contributed by atoms with van der Waals surface area (Å²) in [5.41, 5.74) is 2.27. The van der Waals surface area contributed by atoms with E-state index in [-0.39, 0.29) is 6.61 Å². The molecular weight excluding hydrogens is 410 g/mol. The third kappa shape index (κ3) is 6.78. The Kier molecular flexibility index (Phi) is 8.84. The van der Waals surface area contributed by atoms with E-state index in [0.29, 0.717) is 11.5 Å². The number of unbranched alkanes of at least 4 members (excludes halogenated alkanes) is 3. The Labute approximate surface area is 187 Å². The first kappa shape index (κ1) is 22.7. The van der Waals surface area contributed by atoms with Gasteiger partial charge in [0.25, 0.3) is 0 Å². The predicted molar refractivity (Wildman–Crippen MR) is 124 cm³/mol. The summed E-state index contributed by atoms with van der Waals surface area (Å²) in [5.74, 6) is 1.39. The number of thioether (sulfide) groups is 1. The van der Waals surface area contributed by atoms with E-state index in [1.165, 1.54) is 19.3 Å². The van der Waals surface area contributed by atoms with Crippen LogP contribution in [0.4, 0.5) is 5.82 Å². The molecule has 0 aliphatic carbocycles. The van der Waals surface area contributed by atoms with Crippen LogP contribution >= 0.6 is 11.8 Å². The third-order valence-electron chi connectivity index (χ3n) is 4.69.